The molecular formula is C11H19NO3. The molecule has 1 fully saturated rings. The highest BCUT2D eigenvalue weighted by Gasteiger charge is 2.25. The summed E-state index contributed by atoms with van der Waals surface area (Å²) in [7, 11) is 0. The summed E-state index contributed by atoms with van der Waals surface area (Å²) in [5, 5.41) is 0. The Hall–Kier alpha value is -1.06. The Morgan fingerprint density at radius 3 is 2.87 bits per heavy atom. The summed E-state index contributed by atoms with van der Waals surface area (Å²) in [5.41, 5.74) is 0. The van der Waals surface area contributed by atoms with Crippen molar-refractivity contribution < 1.29 is 14.3 Å². The number of hydrogen-bond donors (Lipinski definition) is 0. The van der Waals surface area contributed by atoms with E-state index in [0.717, 1.165) is 32.1 Å². The minimum Gasteiger partial charge on any atom is -0.449 e. The summed E-state index contributed by atoms with van der Waals surface area (Å²) in [4.78, 5) is 24.0. The number of imide groups is 1. The van der Waals surface area contributed by atoms with E-state index in [2.05, 4.69) is 6.92 Å². The molecule has 4 heteroatoms. The van der Waals surface area contributed by atoms with Crippen molar-refractivity contribution in [3.63, 3.8) is 0 Å². The van der Waals surface area contributed by atoms with E-state index in [0.29, 0.717) is 19.6 Å². The van der Waals surface area contributed by atoms with Crippen LogP contribution in [0.15, 0.2) is 0 Å². The maximum Gasteiger partial charge on any atom is 0.416 e. The molecule has 1 aliphatic heterocycles. The first-order valence-corrected chi connectivity index (χ1v) is 5.73. The standard InChI is InChI=1S/C11H19NO3/c1-2-3-6-9-15-11(14)12-8-5-4-7-10(12)13/h2-9H2,1H3. The number of carbonyl (C=O) groups is 2. The lowest BCUT2D eigenvalue weighted by atomic mass is 10.1. The third-order valence-electron chi connectivity index (χ3n) is 2.52. The predicted octanol–water partition coefficient (Wildman–Crippen LogP) is 2.33. The van der Waals surface area contributed by atoms with Gasteiger partial charge in [0, 0.05) is 13.0 Å². The number of amides is 2. The highest BCUT2D eigenvalue weighted by Crippen LogP contribution is 2.11. The van der Waals surface area contributed by atoms with Gasteiger partial charge in [-0.25, -0.2) is 9.69 Å². The molecule has 1 aliphatic rings. The van der Waals surface area contributed by atoms with Crippen molar-refractivity contribution in [1.29, 1.82) is 0 Å². The number of rotatable bonds is 4. The number of nitrogens with zero attached hydrogens (tertiary/aromatic N) is 1. The minimum atomic E-state index is -0.462. The molecule has 0 bridgehead atoms. The Morgan fingerprint density at radius 1 is 1.40 bits per heavy atom. The molecule has 15 heavy (non-hydrogen) atoms. The molecule has 0 aliphatic carbocycles. The summed E-state index contributed by atoms with van der Waals surface area (Å²) in [6.07, 6.45) is 4.83. The van der Waals surface area contributed by atoms with Crippen LogP contribution in [0, 0.1) is 0 Å². The van der Waals surface area contributed by atoms with Crippen LogP contribution in [0.4, 0.5) is 4.79 Å². The first kappa shape index (κ1) is 12.0. The molecule has 0 unspecified atom stereocenters. The van der Waals surface area contributed by atoms with Crippen LogP contribution in [0.25, 0.3) is 0 Å². The quantitative estimate of drug-likeness (QED) is 0.673. The molecule has 2 amide bonds. The zero-order chi connectivity index (χ0) is 11.1. The minimum absolute atomic E-state index is 0.0956. The van der Waals surface area contributed by atoms with Gasteiger partial charge in [0.15, 0.2) is 0 Å². The van der Waals surface area contributed by atoms with Gasteiger partial charge in [0.05, 0.1) is 6.61 Å². The van der Waals surface area contributed by atoms with E-state index in [1.807, 2.05) is 0 Å². The van der Waals surface area contributed by atoms with Gasteiger partial charge in [-0.1, -0.05) is 19.8 Å². The highest BCUT2D eigenvalue weighted by molar-refractivity contribution is 5.92. The van der Waals surface area contributed by atoms with Crippen molar-refractivity contribution in [3.8, 4) is 0 Å². The van der Waals surface area contributed by atoms with Gasteiger partial charge in [0.1, 0.15) is 0 Å². The first-order valence-electron chi connectivity index (χ1n) is 5.73. The highest BCUT2D eigenvalue weighted by atomic mass is 16.6. The molecule has 0 saturated carbocycles. The molecule has 0 N–H and O–H groups in total. The summed E-state index contributed by atoms with van der Waals surface area (Å²) >= 11 is 0. The van der Waals surface area contributed by atoms with Crippen molar-refractivity contribution in [3.05, 3.63) is 0 Å². The van der Waals surface area contributed by atoms with Crippen LogP contribution >= 0.6 is 0 Å². The lowest BCUT2D eigenvalue weighted by molar-refractivity contribution is -0.131. The van der Waals surface area contributed by atoms with E-state index in [4.69, 9.17) is 4.74 Å². The fraction of sp³-hybridized carbons (Fsp3) is 0.818. The second-order valence-corrected chi connectivity index (χ2v) is 3.82. The largest absolute Gasteiger partial charge is 0.449 e. The predicted molar refractivity (Wildman–Crippen MR) is 56.4 cm³/mol. The molecule has 86 valence electrons. The van der Waals surface area contributed by atoms with Gasteiger partial charge in [0.25, 0.3) is 0 Å². The van der Waals surface area contributed by atoms with Crippen molar-refractivity contribution in [2.45, 2.75) is 45.4 Å². The van der Waals surface area contributed by atoms with E-state index in [1.165, 1.54) is 4.90 Å². The summed E-state index contributed by atoms with van der Waals surface area (Å²) < 4.78 is 5.02. The Morgan fingerprint density at radius 2 is 2.20 bits per heavy atom. The van der Waals surface area contributed by atoms with Gasteiger partial charge in [-0.15, -0.1) is 0 Å². The molecule has 0 atom stereocenters. The number of likely N-dealkylation sites (tertiary alicyclic amines) is 1. The average molecular weight is 213 g/mol. The third-order valence-corrected chi connectivity index (χ3v) is 2.52. The van der Waals surface area contributed by atoms with Crippen LogP contribution in [0.5, 0.6) is 0 Å². The summed E-state index contributed by atoms with van der Waals surface area (Å²) in [6, 6.07) is 0. The maximum atomic E-state index is 11.5. The number of carbonyl (C=O) groups excluding carboxylic acids is 2. The second kappa shape index (κ2) is 6.43. The normalized spacial score (nSPS) is 16.6. The van der Waals surface area contributed by atoms with Crippen molar-refractivity contribution in [2.24, 2.45) is 0 Å². The van der Waals surface area contributed by atoms with Gasteiger partial charge >= 0.3 is 6.09 Å². The maximum absolute atomic E-state index is 11.5. The molecule has 1 saturated heterocycles. The van der Waals surface area contributed by atoms with Gasteiger partial charge in [0.2, 0.25) is 5.91 Å². The molecule has 0 aromatic carbocycles. The van der Waals surface area contributed by atoms with Crippen molar-refractivity contribution in [2.75, 3.05) is 13.2 Å². The van der Waals surface area contributed by atoms with Gasteiger partial charge in [-0.2, -0.15) is 0 Å². The Labute approximate surface area is 90.6 Å². The smallest absolute Gasteiger partial charge is 0.416 e. The Kier molecular flexibility index (Phi) is 5.15. The number of hydrogen-bond acceptors (Lipinski definition) is 3. The Balaban J connectivity index is 2.23. The molecule has 4 nitrogen and oxygen atoms in total. The van der Waals surface area contributed by atoms with E-state index < -0.39 is 6.09 Å². The summed E-state index contributed by atoms with van der Waals surface area (Å²) in [6.45, 7) is 3.04. The van der Waals surface area contributed by atoms with E-state index in [9.17, 15) is 9.59 Å². The van der Waals surface area contributed by atoms with E-state index in [1.54, 1.807) is 0 Å². The molecule has 0 aromatic heterocycles. The lowest BCUT2D eigenvalue weighted by Crippen LogP contribution is -2.40. The Bertz CT molecular complexity index is 228. The second-order valence-electron chi connectivity index (χ2n) is 3.82. The lowest BCUT2D eigenvalue weighted by Gasteiger charge is -2.23. The van der Waals surface area contributed by atoms with Crippen molar-refractivity contribution >= 4 is 12.0 Å². The van der Waals surface area contributed by atoms with Crippen LogP contribution < -0.4 is 0 Å². The molecule has 0 radical (unpaired) electrons. The van der Waals surface area contributed by atoms with Crippen LogP contribution in [0.3, 0.4) is 0 Å². The molecular weight excluding hydrogens is 194 g/mol. The monoisotopic (exact) mass is 213 g/mol. The van der Waals surface area contributed by atoms with Gasteiger partial charge < -0.3 is 4.74 Å². The number of piperidine rings is 1. The average Bonchev–Trinajstić information content (AvgIpc) is 2.25. The van der Waals surface area contributed by atoms with Gasteiger partial charge in [-0.3, -0.25) is 4.79 Å². The fourth-order valence-electron chi connectivity index (χ4n) is 1.59. The molecule has 1 heterocycles. The molecule has 0 aromatic rings. The zero-order valence-electron chi connectivity index (χ0n) is 9.33. The van der Waals surface area contributed by atoms with Crippen molar-refractivity contribution in [1.82, 2.24) is 4.90 Å². The molecule has 1 rings (SSSR count). The van der Waals surface area contributed by atoms with Gasteiger partial charge in [-0.05, 0) is 19.3 Å². The number of ether oxygens (including phenoxy) is 1. The zero-order valence-corrected chi connectivity index (χ0v) is 9.33. The van der Waals surface area contributed by atoms with E-state index in [-0.39, 0.29) is 5.91 Å². The molecule has 0 spiro atoms. The van der Waals surface area contributed by atoms with Crippen LogP contribution in [-0.2, 0) is 9.53 Å². The van der Waals surface area contributed by atoms with Crippen LogP contribution in [0.1, 0.15) is 45.4 Å². The van der Waals surface area contributed by atoms with Crippen LogP contribution in [-0.4, -0.2) is 30.1 Å². The fourth-order valence-corrected chi connectivity index (χ4v) is 1.59. The first-order chi connectivity index (χ1) is 7.25. The number of unbranched alkanes of at least 4 members (excludes halogenated alkanes) is 2. The third kappa shape index (κ3) is 3.90. The SMILES string of the molecule is CCCCCOC(=O)N1CCCCC1=O. The topological polar surface area (TPSA) is 46.6 Å². The van der Waals surface area contributed by atoms with Crippen LogP contribution in [0.2, 0.25) is 0 Å². The van der Waals surface area contributed by atoms with E-state index >= 15 is 0 Å². The summed E-state index contributed by atoms with van der Waals surface area (Å²) in [5.74, 6) is -0.0956.